The van der Waals surface area contributed by atoms with Crippen molar-refractivity contribution in [1.29, 1.82) is 0 Å². The van der Waals surface area contributed by atoms with E-state index in [9.17, 15) is 14.7 Å². The molecule has 3 unspecified atom stereocenters. The first-order chi connectivity index (χ1) is 13.5. The number of carbonyl (C=O) groups is 1. The molecule has 0 aliphatic heterocycles. The number of rotatable bonds is 4. The normalized spacial score (nSPS) is 37.2. The number of nitrogens with one attached hydrogen (secondary N) is 1. The molecule has 0 aromatic carbocycles. The van der Waals surface area contributed by atoms with E-state index in [0.29, 0.717) is 23.6 Å². The molecule has 4 bridgehead atoms. The fourth-order valence-corrected chi connectivity index (χ4v) is 7.23. The number of nitrogens with zero attached hydrogens (tertiary/aromatic N) is 2. The SMILES string of the molecule is O=C(O)C1C2CC3CC(C2)CC1(n1ncc(NC2CCCCC2)c(Cl)c1=O)C3. The number of carboxylic acids is 1. The maximum absolute atomic E-state index is 13.3. The van der Waals surface area contributed by atoms with Crippen LogP contribution in [0.25, 0.3) is 0 Å². The lowest BCUT2D eigenvalue weighted by Crippen LogP contribution is -2.63. The average molecular weight is 406 g/mol. The number of aliphatic carboxylic acids is 1. The van der Waals surface area contributed by atoms with E-state index in [-0.39, 0.29) is 16.5 Å². The van der Waals surface area contributed by atoms with Gasteiger partial charge in [-0.1, -0.05) is 30.9 Å². The Kier molecular flexibility index (Phi) is 4.45. The molecular formula is C21H28ClN3O3. The van der Waals surface area contributed by atoms with Crippen molar-refractivity contribution >= 4 is 23.3 Å². The maximum Gasteiger partial charge on any atom is 0.309 e. The summed E-state index contributed by atoms with van der Waals surface area (Å²) in [5, 5.41) is 18.1. The zero-order valence-corrected chi connectivity index (χ0v) is 16.8. The number of hydrogen-bond acceptors (Lipinski definition) is 4. The topological polar surface area (TPSA) is 84.2 Å². The Morgan fingerprint density at radius 2 is 1.86 bits per heavy atom. The Morgan fingerprint density at radius 1 is 1.18 bits per heavy atom. The molecule has 5 aliphatic rings. The van der Waals surface area contributed by atoms with E-state index >= 15 is 0 Å². The van der Waals surface area contributed by atoms with Gasteiger partial charge in [0.1, 0.15) is 5.02 Å². The highest BCUT2D eigenvalue weighted by molar-refractivity contribution is 6.32. The van der Waals surface area contributed by atoms with Gasteiger partial charge in [0.2, 0.25) is 0 Å². The van der Waals surface area contributed by atoms with Gasteiger partial charge in [-0.15, -0.1) is 0 Å². The van der Waals surface area contributed by atoms with Gasteiger partial charge in [-0.2, -0.15) is 5.10 Å². The molecule has 1 aromatic heterocycles. The average Bonchev–Trinajstić information content (AvgIpc) is 2.65. The molecule has 6 nitrogen and oxygen atoms in total. The third-order valence-corrected chi connectivity index (χ3v) is 8.21. The van der Waals surface area contributed by atoms with Crippen molar-refractivity contribution < 1.29 is 9.90 Å². The number of halogens is 1. The van der Waals surface area contributed by atoms with Gasteiger partial charge in [-0.3, -0.25) is 9.59 Å². The molecule has 0 radical (unpaired) electrons. The van der Waals surface area contributed by atoms with Crippen molar-refractivity contribution in [3.05, 3.63) is 21.6 Å². The first-order valence-corrected chi connectivity index (χ1v) is 11.1. The summed E-state index contributed by atoms with van der Waals surface area (Å²) in [7, 11) is 0. The van der Waals surface area contributed by atoms with Crippen LogP contribution in [0.2, 0.25) is 5.02 Å². The smallest absolute Gasteiger partial charge is 0.309 e. The molecule has 0 amide bonds. The van der Waals surface area contributed by atoms with Crippen molar-refractivity contribution in [3.8, 4) is 0 Å². The van der Waals surface area contributed by atoms with E-state index in [1.807, 2.05) is 0 Å². The van der Waals surface area contributed by atoms with Gasteiger partial charge < -0.3 is 10.4 Å². The first kappa shape index (κ1) is 18.5. The zero-order chi connectivity index (χ0) is 19.5. The molecule has 3 atom stereocenters. The van der Waals surface area contributed by atoms with Crippen molar-refractivity contribution in [2.75, 3.05) is 5.32 Å². The highest BCUT2D eigenvalue weighted by Gasteiger charge is 2.61. The van der Waals surface area contributed by atoms with Gasteiger partial charge in [0, 0.05) is 6.04 Å². The Balaban J connectivity index is 1.52. The van der Waals surface area contributed by atoms with Crippen LogP contribution >= 0.6 is 11.6 Å². The van der Waals surface area contributed by atoms with E-state index in [1.54, 1.807) is 6.20 Å². The summed E-state index contributed by atoms with van der Waals surface area (Å²) in [4.78, 5) is 25.5. The molecule has 1 heterocycles. The Bertz CT molecular complexity index is 834. The number of aromatic nitrogens is 2. The highest BCUT2D eigenvalue weighted by atomic mass is 35.5. The fraction of sp³-hybridized carbons (Fsp3) is 0.762. The van der Waals surface area contributed by atoms with Crippen molar-refractivity contribution in [3.63, 3.8) is 0 Å². The highest BCUT2D eigenvalue weighted by Crippen LogP contribution is 2.61. The molecule has 0 saturated heterocycles. The Labute approximate surface area is 169 Å². The number of hydrogen-bond donors (Lipinski definition) is 2. The quantitative estimate of drug-likeness (QED) is 0.794. The minimum atomic E-state index is -0.793. The van der Waals surface area contributed by atoms with Crippen LogP contribution in [0.5, 0.6) is 0 Å². The minimum absolute atomic E-state index is 0.149. The van der Waals surface area contributed by atoms with Crippen LogP contribution in [0.1, 0.15) is 64.2 Å². The summed E-state index contributed by atoms with van der Waals surface area (Å²) in [5.74, 6) is -0.186. The molecule has 5 saturated carbocycles. The summed E-state index contributed by atoms with van der Waals surface area (Å²) in [6.45, 7) is 0. The molecule has 152 valence electrons. The molecule has 7 heteroatoms. The van der Waals surface area contributed by atoms with Gasteiger partial charge in [0.25, 0.3) is 5.56 Å². The molecule has 28 heavy (non-hydrogen) atoms. The molecule has 5 fully saturated rings. The second kappa shape index (κ2) is 6.75. The monoisotopic (exact) mass is 405 g/mol. The van der Waals surface area contributed by atoms with Crippen LogP contribution in [0.4, 0.5) is 5.69 Å². The third kappa shape index (κ3) is 2.78. The summed E-state index contributed by atoms with van der Waals surface area (Å²) in [6.07, 6.45) is 12.0. The fourth-order valence-electron chi connectivity index (χ4n) is 7.05. The summed E-state index contributed by atoms with van der Waals surface area (Å²) in [6, 6.07) is 0.328. The van der Waals surface area contributed by atoms with Crippen molar-refractivity contribution in [1.82, 2.24) is 9.78 Å². The van der Waals surface area contributed by atoms with Gasteiger partial charge >= 0.3 is 5.97 Å². The maximum atomic E-state index is 13.3. The molecule has 2 N–H and O–H groups in total. The molecular weight excluding hydrogens is 378 g/mol. The van der Waals surface area contributed by atoms with Crippen LogP contribution in [-0.2, 0) is 10.3 Å². The predicted octanol–water partition coefficient (Wildman–Crippen LogP) is 3.88. The van der Waals surface area contributed by atoms with Crippen LogP contribution < -0.4 is 10.9 Å². The zero-order valence-electron chi connectivity index (χ0n) is 16.1. The van der Waals surface area contributed by atoms with E-state index in [4.69, 9.17) is 11.6 Å². The van der Waals surface area contributed by atoms with Crippen LogP contribution in [0.3, 0.4) is 0 Å². The molecule has 5 aliphatic carbocycles. The van der Waals surface area contributed by atoms with Crippen molar-refractivity contribution in [2.45, 2.75) is 75.8 Å². The van der Waals surface area contributed by atoms with Crippen LogP contribution in [0.15, 0.2) is 11.0 Å². The number of carboxylic acid groups (broad SMARTS) is 1. The van der Waals surface area contributed by atoms with E-state index < -0.39 is 17.4 Å². The minimum Gasteiger partial charge on any atom is -0.481 e. The van der Waals surface area contributed by atoms with E-state index in [1.165, 1.54) is 23.9 Å². The summed E-state index contributed by atoms with van der Waals surface area (Å²) in [5.41, 5.74) is -0.466. The summed E-state index contributed by atoms with van der Waals surface area (Å²) >= 11 is 6.50. The number of anilines is 1. The van der Waals surface area contributed by atoms with Crippen LogP contribution in [-0.4, -0.2) is 26.9 Å². The van der Waals surface area contributed by atoms with Gasteiger partial charge in [-0.05, 0) is 62.7 Å². The lowest BCUT2D eigenvalue weighted by atomic mass is 9.48. The van der Waals surface area contributed by atoms with Crippen molar-refractivity contribution in [2.24, 2.45) is 23.7 Å². The predicted molar refractivity (Wildman–Crippen MR) is 107 cm³/mol. The Hall–Kier alpha value is -1.56. The third-order valence-electron chi connectivity index (χ3n) is 7.85. The molecule has 0 spiro atoms. The summed E-state index contributed by atoms with van der Waals surface area (Å²) < 4.78 is 1.46. The Morgan fingerprint density at radius 3 is 2.50 bits per heavy atom. The van der Waals surface area contributed by atoms with Gasteiger partial charge in [0.15, 0.2) is 0 Å². The van der Waals surface area contributed by atoms with E-state index in [2.05, 4.69) is 10.4 Å². The van der Waals surface area contributed by atoms with E-state index in [0.717, 1.165) is 44.9 Å². The van der Waals surface area contributed by atoms with Gasteiger partial charge in [-0.25, -0.2) is 4.68 Å². The second-order valence-electron chi connectivity index (χ2n) is 9.60. The van der Waals surface area contributed by atoms with Crippen LogP contribution in [0, 0.1) is 23.7 Å². The lowest BCUT2D eigenvalue weighted by Gasteiger charge is -2.59. The standard InChI is InChI=1S/C21H28ClN3O3/c22-18-16(24-15-4-2-1-3-5-15)11-23-25(19(18)26)21-9-12-6-13(10-21)8-14(7-12)17(21)20(27)28/h11-15,17,24H,1-10H2,(H,27,28). The van der Waals surface area contributed by atoms with Gasteiger partial charge in [0.05, 0.1) is 23.3 Å². The largest absolute Gasteiger partial charge is 0.481 e. The first-order valence-electron chi connectivity index (χ1n) is 10.8. The molecule has 6 rings (SSSR count). The second-order valence-corrected chi connectivity index (χ2v) is 9.97. The lowest BCUT2D eigenvalue weighted by molar-refractivity contribution is -0.168. The molecule has 1 aromatic rings.